The summed E-state index contributed by atoms with van der Waals surface area (Å²) in [5, 5.41) is 31.2. The first kappa shape index (κ1) is 16.7. The molecule has 0 aliphatic heterocycles. The maximum Gasteiger partial charge on any atom is 0.404 e. The number of rotatable bonds is 4. The molecule has 0 bridgehead atoms. The Balaban J connectivity index is 3.36. The van der Waals surface area contributed by atoms with E-state index >= 15 is 0 Å². The molecule has 4 N–H and O–H groups in total. The van der Waals surface area contributed by atoms with Gasteiger partial charge in [-0.3, -0.25) is 10.1 Å². The number of nitrogens with zero attached hydrogens (tertiary/aromatic N) is 1. The minimum absolute atomic E-state index is 0.140. The van der Waals surface area contributed by atoms with E-state index in [4.69, 9.17) is 5.73 Å². The number of nitrogens with two attached hydrogens (primary N) is 1. The predicted octanol–water partition coefficient (Wildman–Crippen LogP) is 1.63. The minimum Gasteiger partial charge on any atom is -0.502 e. The van der Waals surface area contributed by atoms with Gasteiger partial charge in [0.1, 0.15) is 12.2 Å². The van der Waals surface area contributed by atoms with Gasteiger partial charge in [-0.05, 0) is 17.0 Å². The van der Waals surface area contributed by atoms with Crippen molar-refractivity contribution < 1.29 is 24.7 Å². The molecule has 1 atom stereocenters. The zero-order valence-electron chi connectivity index (χ0n) is 12.0. The summed E-state index contributed by atoms with van der Waals surface area (Å²) in [5.74, 6) is -0.518. The van der Waals surface area contributed by atoms with Crippen LogP contribution in [0.15, 0.2) is 18.2 Å². The maximum absolute atomic E-state index is 10.9. The fraction of sp³-hybridized carbons (Fsp3) is 0.462. The highest BCUT2D eigenvalue weighted by molar-refractivity contribution is 5.64. The number of phenols is 1. The van der Waals surface area contributed by atoms with Gasteiger partial charge in [-0.1, -0.05) is 26.8 Å². The summed E-state index contributed by atoms with van der Waals surface area (Å²) in [4.78, 5) is 20.9. The lowest BCUT2D eigenvalue weighted by Gasteiger charge is -2.39. The van der Waals surface area contributed by atoms with Crippen LogP contribution in [0.4, 0.5) is 10.5 Å². The first-order chi connectivity index (χ1) is 9.49. The van der Waals surface area contributed by atoms with Crippen LogP contribution in [0.5, 0.6) is 5.75 Å². The summed E-state index contributed by atoms with van der Waals surface area (Å²) < 4.78 is 4.68. The standard InChI is InChI=1S/C13H18N2O6/c1-12(2,3)13(18,7-21-11(14)17)8-4-5-10(16)9(6-8)15(19)20/h4-6,16,18H,7H2,1-3H3,(H2,14,17). The van der Waals surface area contributed by atoms with Crippen molar-refractivity contribution in [3.63, 3.8) is 0 Å². The van der Waals surface area contributed by atoms with Gasteiger partial charge in [0.15, 0.2) is 5.75 Å². The number of primary amides is 1. The molecule has 0 heterocycles. The Hall–Kier alpha value is -2.35. The van der Waals surface area contributed by atoms with E-state index in [2.05, 4.69) is 4.74 Å². The van der Waals surface area contributed by atoms with Crippen molar-refractivity contribution in [1.82, 2.24) is 0 Å². The third-order valence-corrected chi connectivity index (χ3v) is 3.31. The summed E-state index contributed by atoms with van der Waals surface area (Å²) in [7, 11) is 0. The van der Waals surface area contributed by atoms with Crippen LogP contribution in [-0.2, 0) is 10.3 Å². The zero-order chi connectivity index (χ0) is 16.4. The Morgan fingerprint density at radius 2 is 2.00 bits per heavy atom. The van der Waals surface area contributed by atoms with Crippen LogP contribution in [0.2, 0.25) is 0 Å². The van der Waals surface area contributed by atoms with Crippen molar-refractivity contribution in [3.8, 4) is 5.75 Å². The lowest BCUT2D eigenvalue weighted by Crippen LogP contribution is -2.45. The molecule has 0 spiro atoms. The van der Waals surface area contributed by atoms with E-state index < -0.39 is 40.1 Å². The predicted molar refractivity (Wildman–Crippen MR) is 73.6 cm³/mol. The lowest BCUT2D eigenvalue weighted by molar-refractivity contribution is -0.386. The van der Waals surface area contributed by atoms with Crippen LogP contribution < -0.4 is 5.73 Å². The number of hydrogen-bond acceptors (Lipinski definition) is 6. The van der Waals surface area contributed by atoms with Crippen LogP contribution in [-0.4, -0.2) is 27.8 Å². The summed E-state index contributed by atoms with van der Waals surface area (Å²) in [6.07, 6.45) is -1.06. The minimum atomic E-state index is -1.71. The van der Waals surface area contributed by atoms with Gasteiger partial charge in [0.05, 0.1) is 4.92 Å². The van der Waals surface area contributed by atoms with Gasteiger partial charge in [-0.2, -0.15) is 0 Å². The molecule has 1 amide bonds. The molecule has 0 aromatic heterocycles. The fourth-order valence-electron chi connectivity index (χ4n) is 1.84. The molecular formula is C13H18N2O6. The average molecular weight is 298 g/mol. The third kappa shape index (κ3) is 3.40. The van der Waals surface area contributed by atoms with E-state index in [1.54, 1.807) is 20.8 Å². The van der Waals surface area contributed by atoms with Crippen LogP contribution in [0.1, 0.15) is 26.3 Å². The highest BCUT2D eigenvalue weighted by Crippen LogP contribution is 2.42. The Morgan fingerprint density at radius 3 is 2.43 bits per heavy atom. The van der Waals surface area contributed by atoms with E-state index in [9.17, 15) is 25.1 Å². The second-order valence-corrected chi connectivity index (χ2v) is 5.68. The van der Waals surface area contributed by atoms with Crippen molar-refractivity contribution in [2.75, 3.05) is 6.61 Å². The van der Waals surface area contributed by atoms with Crippen LogP contribution in [0.3, 0.4) is 0 Å². The Bertz CT molecular complexity index is 566. The van der Waals surface area contributed by atoms with Crippen LogP contribution >= 0.6 is 0 Å². The molecule has 1 unspecified atom stereocenters. The van der Waals surface area contributed by atoms with Crippen LogP contribution in [0.25, 0.3) is 0 Å². The third-order valence-electron chi connectivity index (χ3n) is 3.31. The molecule has 0 fully saturated rings. The number of hydrogen-bond donors (Lipinski definition) is 3. The summed E-state index contributed by atoms with van der Waals surface area (Å²) >= 11 is 0. The molecule has 8 nitrogen and oxygen atoms in total. The Morgan fingerprint density at radius 1 is 1.43 bits per heavy atom. The monoisotopic (exact) mass is 298 g/mol. The molecule has 0 radical (unpaired) electrons. The first-order valence-electron chi connectivity index (χ1n) is 6.11. The van der Waals surface area contributed by atoms with Crippen molar-refractivity contribution in [2.24, 2.45) is 11.1 Å². The molecule has 116 valence electrons. The van der Waals surface area contributed by atoms with Crippen molar-refractivity contribution in [2.45, 2.75) is 26.4 Å². The normalized spacial score (nSPS) is 14.3. The number of aliphatic hydroxyl groups is 1. The number of carbonyl (C=O) groups is 1. The number of phenolic OH excluding ortho intramolecular Hbond substituents is 1. The number of nitro groups is 1. The zero-order valence-corrected chi connectivity index (χ0v) is 12.0. The van der Waals surface area contributed by atoms with Gasteiger partial charge in [-0.15, -0.1) is 0 Å². The second-order valence-electron chi connectivity index (χ2n) is 5.68. The number of carbonyl (C=O) groups excluding carboxylic acids is 1. The van der Waals surface area contributed by atoms with Gasteiger partial charge in [0.2, 0.25) is 0 Å². The lowest BCUT2D eigenvalue weighted by atomic mass is 9.72. The van der Waals surface area contributed by atoms with E-state index in [0.717, 1.165) is 12.1 Å². The Labute approximate surface area is 121 Å². The number of aromatic hydroxyl groups is 1. The molecule has 0 aliphatic rings. The molecule has 0 saturated carbocycles. The number of nitro benzene ring substituents is 1. The molecule has 0 aliphatic carbocycles. The quantitative estimate of drug-likeness (QED) is 0.571. The van der Waals surface area contributed by atoms with Gasteiger partial charge in [0.25, 0.3) is 0 Å². The maximum atomic E-state index is 10.9. The Kier molecular flexibility index (Phi) is 4.43. The fourth-order valence-corrected chi connectivity index (χ4v) is 1.84. The van der Waals surface area contributed by atoms with E-state index in [1.807, 2.05) is 0 Å². The second kappa shape index (κ2) is 5.57. The van der Waals surface area contributed by atoms with E-state index in [1.165, 1.54) is 6.07 Å². The topological polar surface area (TPSA) is 136 Å². The van der Waals surface area contributed by atoms with Gasteiger partial charge in [0, 0.05) is 6.07 Å². The van der Waals surface area contributed by atoms with Crippen LogP contribution in [0, 0.1) is 15.5 Å². The molecular weight excluding hydrogens is 280 g/mol. The summed E-state index contributed by atoms with van der Waals surface area (Å²) in [5.41, 5.74) is 1.98. The van der Waals surface area contributed by atoms with E-state index in [-0.39, 0.29) is 5.56 Å². The molecule has 21 heavy (non-hydrogen) atoms. The van der Waals surface area contributed by atoms with Crippen molar-refractivity contribution in [3.05, 3.63) is 33.9 Å². The highest BCUT2D eigenvalue weighted by Gasteiger charge is 2.44. The molecule has 8 heteroatoms. The molecule has 1 aromatic rings. The highest BCUT2D eigenvalue weighted by atomic mass is 16.6. The van der Waals surface area contributed by atoms with Gasteiger partial charge < -0.3 is 20.7 Å². The molecule has 1 aromatic carbocycles. The van der Waals surface area contributed by atoms with E-state index in [0.29, 0.717) is 0 Å². The first-order valence-corrected chi connectivity index (χ1v) is 6.11. The summed E-state index contributed by atoms with van der Waals surface area (Å²) in [6, 6.07) is 3.48. The number of amides is 1. The SMILES string of the molecule is CC(C)(C)C(O)(COC(N)=O)c1ccc(O)c([N+](=O)[O-])c1. The largest absolute Gasteiger partial charge is 0.502 e. The average Bonchev–Trinajstić information content (AvgIpc) is 2.34. The molecule has 1 rings (SSSR count). The van der Waals surface area contributed by atoms with Crippen molar-refractivity contribution in [1.29, 1.82) is 0 Å². The molecule has 0 saturated heterocycles. The smallest absolute Gasteiger partial charge is 0.404 e. The number of benzene rings is 1. The number of ether oxygens (including phenoxy) is 1. The van der Waals surface area contributed by atoms with Crippen molar-refractivity contribution >= 4 is 11.8 Å². The summed E-state index contributed by atoms with van der Waals surface area (Å²) in [6.45, 7) is 4.57. The van der Waals surface area contributed by atoms with Gasteiger partial charge >= 0.3 is 11.8 Å². The van der Waals surface area contributed by atoms with Gasteiger partial charge in [-0.25, -0.2) is 4.79 Å².